The summed E-state index contributed by atoms with van der Waals surface area (Å²) in [6.45, 7) is 8.73. The summed E-state index contributed by atoms with van der Waals surface area (Å²) >= 11 is 0. The molecule has 230 valence electrons. The highest BCUT2D eigenvalue weighted by molar-refractivity contribution is 7.81. The van der Waals surface area contributed by atoms with Crippen molar-refractivity contribution in [3.63, 3.8) is 0 Å². The van der Waals surface area contributed by atoms with Crippen LogP contribution in [-0.4, -0.2) is 11.3 Å². The van der Waals surface area contributed by atoms with Crippen LogP contribution in [0.15, 0.2) is 169 Å². The Hall–Kier alpha value is -4.65. The fourth-order valence-corrected chi connectivity index (χ4v) is 10.0. The molecule has 6 rings (SSSR count). The van der Waals surface area contributed by atoms with Crippen LogP contribution >= 0.6 is 7.05 Å². The van der Waals surface area contributed by atoms with Crippen molar-refractivity contribution in [3.05, 3.63) is 192 Å². The molecule has 0 fully saturated rings. The molecule has 2 nitrogen and oxygen atoms in total. The summed E-state index contributed by atoms with van der Waals surface area (Å²) in [7, 11) is -2.33. The van der Waals surface area contributed by atoms with Gasteiger partial charge in [-0.3, -0.25) is 4.74 Å². The molecular formula is C43H42NOP. The SMILES string of the molecule is CCP(=Nc1cc(C(c2ccccc2)(c2ccccc2)c2ccccc2)cc(C(C)(C)C)c1O)(c1ccccc1)c1ccccc1. The summed E-state index contributed by atoms with van der Waals surface area (Å²) in [5.41, 5.74) is 5.07. The average molecular weight is 620 g/mol. The number of rotatable bonds is 8. The maximum Gasteiger partial charge on any atom is 0.144 e. The van der Waals surface area contributed by atoms with E-state index < -0.39 is 12.5 Å². The average Bonchev–Trinajstić information content (AvgIpc) is 3.10. The summed E-state index contributed by atoms with van der Waals surface area (Å²) in [4.78, 5) is 0. The van der Waals surface area contributed by atoms with Gasteiger partial charge >= 0.3 is 0 Å². The molecule has 0 spiro atoms. The van der Waals surface area contributed by atoms with Crippen molar-refractivity contribution in [1.29, 1.82) is 0 Å². The quantitative estimate of drug-likeness (QED) is 0.133. The molecule has 0 aromatic heterocycles. The van der Waals surface area contributed by atoms with Crippen LogP contribution in [0.3, 0.4) is 0 Å². The van der Waals surface area contributed by atoms with E-state index in [1.54, 1.807) is 0 Å². The normalized spacial score (nSPS) is 12.1. The van der Waals surface area contributed by atoms with E-state index in [9.17, 15) is 5.11 Å². The Labute approximate surface area is 274 Å². The van der Waals surface area contributed by atoms with Crippen molar-refractivity contribution in [3.8, 4) is 5.75 Å². The Morgan fingerprint density at radius 1 is 0.522 bits per heavy atom. The molecule has 0 bridgehead atoms. The molecule has 6 aromatic carbocycles. The second kappa shape index (κ2) is 13.0. The number of hydrogen-bond acceptors (Lipinski definition) is 2. The number of phenols is 1. The summed E-state index contributed by atoms with van der Waals surface area (Å²) in [5, 5.41) is 14.6. The zero-order chi connectivity index (χ0) is 32.2. The highest BCUT2D eigenvalue weighted by Gasteiger charge is 2.40. The molecule has 0 aliphatic rings. The van der Waals surface area contributed by atoms with Crippen LogP contribution in [0, 0.1) is 0 Å². The molecular weight excluding hydrogens is 577 g/mol. The van der Waals surface area contributed by atoms with E-state index in [0.717, 1.165) is 34.0 Å². The topological polar surface area (TPSA) is 32.6 Å². The van der Waals surface area contributed by atoms with Crippen LogP contribution in [0.5, 0.6) is 5.75 Å². The van der Waals surface area contributed by atoms with E-state index in [1.807, 2.05) is 0 Å². The number of benzene rings is 6. The molecule has 0 saturated heterocycles. The van der Waals surface area contributed by atoms with Gasteiger partial charge < -0.3 is 5.11 Å². The molecule has 0 amide bonds. The maximum absolute atomic E-state index is 12.2. The second-order valence-corrected chi connectivity index (χ2v) is 16.3. The first-order valence-electron chi connectivity index (χ1n) is 16.1. The Balaban J connectivity index is 1.79. The molecule has 0 saturated carbocycles. The van der Waals surface area contributed by atoms with Gasteiger partial charge in [-0.15, -0.1) is 0 Å². The number of nitrogens with zero attached hydrogens (tertiary/aromatic N) is 1. The molecule has 0 atom stereocenters. The van der Waals surface area contributed by atoms with Gasteiger partial charge in [-0.1, -0.05) is 179 Å². The summed E-state index contributed by atoms with van der Waals surface area (Å²) < 4.78 is 5.74. The third-order valence-corrected chi connectivity index (χ3v) is 12.8. The lowest BCUT2D eigenvalue weighted by atomic mass is 9.64. The molecule has 46 heavy (non-hydrogen) atoms. The van der Waals surface area contributed by atoms with Gasteiger partial charge in [-0.05, 0) is 56.6 Å². The minimum Gasteiger partial charge on any atom is -0.505 e. The number of phenolic OH excluding ortho intramolecular Hbond substituents is 1. The van der Waals surface area contributed by atoms with E-state index in [4.69, 9.17) is 4.74 Å². The highest BCUT2D eigenvalue weighted by atomic mass is 31.2. The molecule has 0 radical (unpaired) electrons. The van der Waals surface area contributed by atoms with Crippen LogP contribution in [0.25, 0.3) is 0 Å². The largest absolute Gasteiger partial charge is 0.505 e. The third kappa shape index (κ3) is 5.63. The Morgan fingerprint density at radius 2 is 0.891 bits per heavy atom. The third-order valence-electron chi connectivity index (χ3n) is 9.05. The molecule has 1 N–H and O–H groups in total. The fourth-order valence-electron chi connectivity index (χ4n) is 6.78. The van der Waals surface area contributed by atoms with Crippen LogP contribution in [-0.2, 0) is 10.8 Å². The number of aromatic hydroxyl groups is 1. The van der Waals surface area contributed by atoms with E-state index >= 15 is 0 Å². The molecule has 0 heterocycles. The highest BCUT2D eigenvalue weighted by Crippen LogP contribution is 2.55. The van der Waals surface area contributed by atoms with Gasteiger partial charge in [-0.2, -0.15) is 0 Å². The van der Waals surface area contributed by atoms with Gasteiger partial charge in [0.2, 0.25) is 0 Å². The van der Waals surface area contributed by atoms with Crippen molar-refractivity contribution in [2.24, 2.45) is 4.74 Å². The molecule has 6 aromatic rings. The summed E-state index contributed by atoms with van der Waals surface area (Å²) in [6, 6.07) is 57.9. The van der Waals surface area contributed by atoms with Crippen molar-refractivity contribution < 1.29 is 5.11 Å². The minimum atomic E-state index is -2.33. The molecule has 0 unspecified atom stereocenters. The van der Waals surface area contributed by atoms with Gasteiger partial charge in [0.25, 0.3) is 0 Å². The van der Waals surface area contributed by atoms with Crippen molar-refractivity contribution in [1.82, 2.24) is 0 Å². The molecule has 3 heteroatoms. The lowest BCUT2D eigenvalue weighted by molar-refractivity contribution is 0.447. The van der Waals surface area contributed by atoms with Crippen LogP contribution in [0.2, 0.25) is 0 Å². The lowest BCUT2D eigenvalue weighted by Gasteiger charge is -2.38. The van der Waals surface area contributed by atoms with Crippen LogP contribution in [0.1, 0.15) is 55.5 Å². The first-order valence-corrected chi connectivity index (χ1v) is 18.0. The zero-order valence-electron chi connectivity index (χ0n) is 27.1. The Morgan fingerprint density at radius 3 is 1.24 bits per heavy atom. The van der Waals surface area contributed by atoms with Crippen molar-refractivity contribution >= 4 is 23.4 Å². The first-order chi connectivity index (χ1) is 22.3. The fraction of sp³-hybridized carbons (Fsp3) is 0.163. The van der Waals surface area contributed by atoms with Gasteiger partial charge in [-0.25, -0.2) is 0 Å². The summed E-state index contributed by atoms with van der Waals surface area (Å²) in [5.74, 6) is 0.254. The van der Waals surface area contributed by atoms with Crippen molar-refractivity contribution in [2.45, 2.75) is 38.5 Å². The van der Waals surface area contributed by atoms with E-state index in [2.05, 4.69) is 191 Å². The predicted octanol–water partition coefficient (Wildman–Crippen LogP) is 10.6. The zero-order valence-corrected chi connectivity index (χ0v) is 28.0. The van der Waals surface area contributed by atoms with Gasteiger partial charge in [0.15, 0.2) is 0 Å². The van der Waals surface area contributed by atoms with Gasteiger partial charge in [0.05, 0.1) is 5.41 Å². The van der Waals surface area contributed by atoms with Crippen LogP contribution in [0.4, 0.5) is 5.69 Å². The van der Waals surface area contributed by atoms with E-state index in [0.29, 0.717) is 5.69 Å². The minimum absolute atomic E-state index is 0.254. The first kappa shape index (κ1) is 31.3. The molecule has 0 aliphatic carbocycles. The Kier molecular flexibility index (Phi) is 8.85. The van der Waals surface area contributed by atoms with Gasteiger partial charge in [0.1, 0.15) is 11.4 Å². The maximum atomic E-state index is 12.2. The monoisotopic (exact) mass is 619 g/mol. The summed E-state index contributed by atoms with van der Waals surface area (Å²) in [6.07, 6.45) is 0.830. The predicted molar refractivity (Wildman–Crippen MR) is 197 cm³/mol. The van der Waals surface area contributed by atoms with Gasteiger partial charge in [0, 0.05) is 12.6 Å². The second-order valence-electron chi connectivity index (χ2n) is 12.8. The standard InChI is InChI=1S/C43H42NOP/c1-5-46(37-27-17-9-18-28-37,38-29-19-10-20-30-38)44-40-32-36(31-39(41(40)45)42(2,3)4)43(33-21-11-6-12-22-33,34-23-13-7-14-24-34)35-25-15-8-16-26-35/h6-32,45H,5H2,1-4H3. The van der Waals surface area contributed by atoms with Crippen LogP contribution < -0.4 is 10.6 Å². The number of hydrogen-bond donors (Lipinski definition) is 1. The Bertz CT molecular complexity index is 1810. The molecule has 0 aliphatic heterocycles. The lowest BCUT2D eigenvalue weighted by Crippen LogP contribution is -2.31. The van der Waals surface area contributed by atoms with Crippen molar-refractivity contribution in [2.75, 3.05) is 6.16 Å². The smallest absolute Gasteiger partial charge is 0.144 e. The van der Waals surface area contributed by atoms with E-state index in [-0.39, 0.29) is 11.2 Å². The van der Waals surface area contributed by atoms with E-state index in [1.165, 1.54) is 10.6 Å².